The Bertz CT molecular complexity index is 454. The van der Waals surface area contributed by atoms with Gasteiger partial charge in [0, 0.05) is 0 Å². The summed E-state index contributed by atoms with van der Waals surface area (Å²) in [5.74, 6) is -0.00670. The standard InChI is InChI=1S/C15H19NO3/c1-11-14(17)16-15(10-19-11)7-13(8-15)18-9-12-5-3-2-4-6-12/h2-6,11,13H,7-10H2,1H3,(H,16,17)/t11?,13-,15-. The molecule has 1 aliphatic carbocycles. The molecule has 2 fully saturated rings. The zero-order chi connectivity index (χ0) is 13.3. The molecular formula is C15H19NO3. The summed E-state index contributed by atoms with van der Waals surface area (Å²) in [4.78, 5) is 11.6. The van der Waals surface area contributed by atoms with Gasteiger partial charge in [0.15, 0.2) is 0 Å². The molecule has 1 saturated carbocycles. The molecule has 3 rings (SSSR count). The molecule has 1 unspecified atom stereocenters. The van der Waals surface area contributed by atoms with Crippen LogP contribution in [0.3, 0.4) is 0 Å². The number of ether oxygens (including phenoxy) is 2. The van der Waals surface area contributed by atoms with Crippen LogP contribution in [0.5, 0.6) is 0 Å². The number of carbonyl (C=O) groups excluding carboxylic acids is 1. The van der Waals surface area contributed by atoms with E-state index in [4.69, 9.17) is 9.47 Å². The quantitative estimate of drug-likeness (QED) is 0.899. The van der Waals surface area contributed by atoms with Crippen LogP contribution in [-0.4, -0.2) is 30.3 Å². The summed E-state index contributed by atoms with van der Waals surface area (Å²) in [6.07, 6.45) is 1.59. The van der Waals surface area contributed by atoms with Crippen molar-refractivity contribution in [2.45, 2.75) is 44.1 Å². The first-order valence-corrected chi connectivity index (χ1v) is 6.76. The number of nitrogens with one attached hydrogen (secondary N) is 1. The van der Waals surface area contributed by atoms with Crippen molar-refractivity contribution in [3.8, 4) is 0 Å². The SMILES string of the molecule is CC1OC[C@]2(C[C@@H](OCc3ccccc3)C2)NC1=O. The van der Waals surface area contributed by atoms with Gasteiger partial charge in [-0.15, -0.1) is 0 Å². The number of morpholine rings is 1. The van der Waals surface area contributed by atoms with E-state index in [0.29, 0.717) is 13.2 Å². The number of hydrogen-bond acceptors (Lipinski definition) is 3. The van der Waals surface area contributed by atoms with Gasteiger partial charge in [-0.25, -0.2) is 0 Å². The molecule has 1 saturated heterocycles. The molecule has 0 radical (unpaired) electrons. The summed E-state index contributed by atoms with van der Waals surface area (Å²) in [5.41, 5.74) is 1.01. The third-order valence-electron chi connectivity index (χ3n) is 3.93. The highest BCUT2D eigenvalue weighted by molar-refractivity contribution is 5.82. The first kappa shape index (κ1) is 12.6. The second kappa shape index (κ2) is 4.94. The predicted octanol–water partition coefficient (Wildman–Crippen LogP) is 1.64. The third-order valence-corrected chi connectivity index (χ3v) is 3.93. The zero-order valence-corrected chi connectivity index (χ0v) is 11.1. The summed E-state index contributed by atoms with van der Waals surface area (Å²) in [6, 6.07) is 10.1. The smallest absolute Gasteiger partial charge is 0.249 e. The van der Waals surface area contributed by atoms with Gasteiger partial charge in [0.25, 0.3) is 0 Å². The van der Waals surface area contributed by atoms with Gasteiger partial charge in [-0.2, -0.15) is 0 Å². The maximum atomic E-state index is 11.6. The van der Waals surface area contributed by atoms with Crippen LogP contribution < -0.4 is 5.32 Å². The van der Waals surface area contributed by atoms with Crippen LogP contribution in [0.25, 0.3) is 0 Å². The Kier molecular flexibility index (Phi) is 3.29. The molecular weight excluding hydrogens is 242 g/mol. The predicted molar refractivity (Wildman–Crippen MR) is 70.5 cm³/mol. The van der Waals surface area contributed by atoms with Crippen LogP contribution >= 0.6 is 0 Å². The molecule has 1 aromatic carbocycles. The Hall–Kier alpha value is -1.39. The molecule has 1 heterocycles. The Labute approximate surface area is 113 Å². The van der Waals surface area contributed by atoms with Gasteiger partial charge in [0.1, 0.15) is 6.10 Å². The van der Waals surface area contributed by atoms with Gasteiger partial charge in [-0.1, -0.05) is 30.3 Å². The molecule has 4 nitrogen and oxygen atoms in total. The van der Waals surface area contributed by atoms with Crippen molar-refractivity contribution in [2.75, 3.05) is 6.61 Å². The molecule has 0 bridgehead atoms. The number of benzene rings is 1. The third kappa shape index (κ3) is 2.65. The van der Waals surface area contributed by atoms with Crippen molar-refractivity contribution in [3.63, 3.8) is 0 Å². The molecule has 0 aromatic heterocycles. The highest BCUT2D eigenvalue weighted by Crippen LogP contribution is 2.37. The van der Waals surface area contributed by atoms with Crippen LogP contribution in [0.2, 0.25) is 0 Å². The monoisotopic (exact) mass is 261 g/mol. The highest BCUT2D eigenvalue weighted by atomic mass is 16.5. The number of hydrogen-bond donors (Lipinski definition) is 1. The van der Waals surface area contributed by atoms with Crippen LogP contribution in [0, 0.1) is 0 Å². The molecule has 19 heavy (non-hydrogen) atoms. The molecule has 1 atom stereocenters. The van der Waals surface area contributed by atoms with Crippen LogP contribution in [0.1, 0.15) is 25.3 Å². The largest absolute Gasteiger partial charge is 0.373 e. The average Bonchev–Trinajstić information content (AvgIpc) is 2.39. The molecule has 2 aliphatic rings. The Morgan fingerprint density at radius 3 is 2.79 bits per heavy atom. The van der Waals surface area contributed by atoms with Crippen molar-refractivity contribution >= 4 is 5.91 Å². The minimum Gasteiger partial charge on any atom is -0.373 e. The average molecular weight is 261 g/mol. The lowest BCUT2D eigenvalue weighted by molar-refractivity contribution is -0.160. The van der Waals surface area contributed by atoms with Crippen molar-refractivity contribution in [3.05, 3.63) is 35.9 Å². The Balaban J connectivity index is 1.47. The van der Waals surface area contributed by atoms with E-state index in [0.717, 1.165) is 12.8 Å². The van der Waals surface area contributed by atoms with E-state index in [1.807, 2.05) is 18.2 Å². The molecule has 102 valence electrons. The summed E-state index contributed by atoms with van der Waals surface area (Å²) >= 11 is 0. The van der Waals surface area contributed by atoms with E-state index < -0.39 is 0 Å². The minimum absolute atomic E-state index is 0.00670. The van der Waals surface area contributed by atoms with E-state index >= 15 is 0 Å². The fourth-order valence-electron chi connectivity index (χ4n) is 2.70. The number of rotatable bonds is 3. The van der Waals surface area contributed by atoms with E-state index in [1.54, 1.807) is 6.92 Å². The maximum absolute atomic E-state index is 11.6. The van der Waals surface area contributed by atoms with Gasteiger partial charge in [-0.05, 0) is 25.3 Å². The lowest BCUT2D eigenvalue weighted by Gasteiger charge is -2.50. The molecule has 1 N–H and O–H groups in total. The second-order valence-electron chi connectivity index (χ2n) is 5.55. The van der Waals surface area contributed by atoms with Crippen molar-refractivity contribution in [1.29, 1.82) is 0 Å². The first-order valence-electron chi connectivity index (χ1n) is 6.76. The lowest BCUT2D eigenvalue weighted by Crippen LogP contribution is -2.67. The lowest BCUT2D eigenvalue weighted by atomic mass is 9.74. The number of carbonyl (C=O) groups is 1. The van der Waals surface area contributed by atoms with Crippen LogP contribution in [-0.2, 0) is 20.9 Å². The van der Waals surface area contributed by atoms with Crippen molar-refractivity contribution in [1.82, 2.24) is 5.32 Å². The van der Waals surface area contributed by atoms with Gasteiger partial charge in [0.05, 0.1) is 24.9 Å². The molecule has 1 spiro atoms. The molecule has 1 aliphatic heterocycles. The van der Waals surface area contributed by atoms with Gasteiger partial charge >= 0.3 is 0 Å². The van der Waals surface area contributed by atoms with Crippen LogP contribution in [0.15, 0.2) is 30.3 Å². The van der Waals surface area contributed by atoms with E-state index in [2.05, 4.69) is 17.4 Å². The van der Waals surface area contributed by atoms with Crippen molar-refractivity contribution < 1.29 is 14.3 Å². The Morgan fingerprint density at radius 2 is 2.11 bits per heavy atom. The fraction of sp³-hybridized carbons (Fsp3) is 0.533. The number of amides is 1. The normalized spacial score (nSPS) is 33.8. The van der Waals surface area contributed by atoms with Gasteiger partial charge in [0.2, 0.25) is 5.91 Å². The summed E-state index contributed by atoms with van der Waals surface area (Å²) in [6.45, 7) is 3.02. The van der Waals surface area contributed by atoms with Crippen molar-refractivity contribution in [2.24, 2.45) is 0 Å². The topological polar surface area (TPSA) is 47.6 Å². The summed E-state index contributed by atoms with van der Waals surface area (Å²) < 4.78 is 11.3. The van der Waals surface area contributed by atoms with Crippen LogP contribution in [0.4, 0.5) is 0 Å². The molecule has 1 amide bonds. The second-order valence-corrected chi connectivity index (χ2v) is 5.55. The summed E-state index contributed by atoms with van der Waals surface area (Å²) in [7, 11) is 0. The van der Waals surface area contributed by atoms with E-state index in [-0.39, 0.29) is 23.7 Å². The minimum atomic E-state index is -0.324. The molecule has 1 aromatic rings. The van der Waals surface area contributed by atoms with E-state index in [9.17, 15) is 4.79 Å². The van der Waals surface area contributed by atoms with E-state index in [1.165, 1.54) is 5.56 Å². The highest BCUT2D eigenvalue weighted by Gasteiger charge is 2.49. The molecule has 4 heteroatoms. The summed E-state index contributed by atoms with van der Waals surface area (Å²) in [5, 5.41) is 3.06. The van der Waals surface area contributed by atoms with Gasteiger partial charge in [-0.3, -0.25) is 4.79 Å². The Morgan fingerprint density at radius 1 is 1.37 bits per heavy atom. The fourth-order valence-corrected chi connectivity index (χ4v) is 2.70. The maximum Gasteiger partial charge on any atom is 0.249 e. The first-order chi connectivity index (χ1) is 9.17. The van der Waals surface area contributed by atoms with Gasteiger partial charge < -0.3 is 14.8 Å². The zero-order valence-electron chi connectivity index (χ0n) is 11.1.